The summed E-state index contributed by atoms with van der Waals surface area (Å²) >= 11 is 6.90. The standard InChI is InChI=1S/C35H40ClNO6/c1-7-37-24-15-34(3,4)17-26(38)30(24)29(31-25(37)16-35(5,6)18-27(31)39)22-13-23(36)32(28(14-22)42-8-2)43-19-20-9-11-21(12-10-20)33(40)41/h9-14,29H,7-8,15-19H2,1-6H3,(H,40,41). The predicted molar refractivity (Wildman–Crippen MR) is 166 cm³/mol. The van der Waals surface area contributed by atoms with Crippen molar-refractivity contribution in [2.24, 2.45) is 10.8 Å². The number of ether oxygens (including phenoxy) is 2. The molecule has 0 unspecified atom stereocenters. The van der Waals surface area contributed by atoms with E-state index in [1.165, 1.54) is 12.1 Å². The molecule has 2 aromatic carbocycles. The normalized spacial score (nSPS) is 19.7. The van der Waals surface area contributed by atoms with Crippen molar-refractivity contribution in [2.45, 2.75) is 79.8 Å². The van der Waals surface area contributed by atoms with Crippen LogP contribution in [0.25, 0.3) is 0 Å². The van der Waals surface area contributed by atoms with Gasteiger partial charge in [-0.15, -0.1) is 0 Å². The molecular formula is C35H40ClNO6. The molecule has 1 heterocycles. The molecule has 3 aliphatic rings. The summed E-state index contributed by atoms with van der Waals surface area (Å²) in [5.74, 6) is -0.602. The first-order valence-corrected chi connectivity index (χ1v) is 15.3. The Morgan fingerprint density at radius 1 is 0.907 bits per heavy atom. The largest absolute Gasteiger partial charge is 0.490 e. The van der Waals surface area contributed by atoms with Gasteiger partial charge in [-0.1, -0.05) is 51.4 Å². The van der Waals surface area contributed by atoms with Crippen molar-refractivity contribution in [3.8, 4) is 11.5 Å². The zero-order valence-corrected chi connectivity index (χ0v) is 26.6. The smallest absolute Gasteiger partial charge is 0.335 e. The molecule has 0 amide bonds. The Hall–Kier alpha value is -3.58. The molecule has 0 bridgehead atoms. The fourth-order valence-electron chi connectivity index (χ4n) is 6.82. The van der Waals surface area contributed by atoms with Crippen molar-refractivity contribution in [2.75, 3.05) is 13.2 Å². The number of carbonyl (C=O) groups is 3. The minimum absolute atomic E-state index is 0.0677. The summed E-state index contributed by atoms with van der Waals surface area (Å²) in [4.78, 5) is 41.3. The van der Waals surface area contributed by atoms with Crippen LogP contribution in [-0.2, 0) is 16.2 Å². The van der Waals surface area contributed by atoms with Gasteiger partial charge in [-0.25, -0.2) is 4.79 Å². The van der Waals surface area contributed by atoms with E-state index in [9.17, 15) is 19.5 Å². The highest BCUT2D eigenvalue weighted by Crippen LogP contribution is 2.55. The molecule has 0 fully saturated rings. The lowest BCUT2D eigenvalue weighted by atomic mass is 9.63. The summed E-state index contributed by atoms with van der Waals surface area (Å²) in [5.41, 5.74) is 4.74. The van der Waals surface area contributed by atoms with E-state index in [4.69, 9.17) is 21.1 Å². The van der Waals surface area contributed by atoms with Gasteiger partial charge in [0.2, 0.25) is 0 Å². The summed E-state index contributed by atoms with van der Waals surface area (Å²) in [5, 5.41) is 9.51. The van der Waals surface area contributed by atoms with E-state index in [2.05, 4.69) is 39.5 Å². The lowest BCUT2D eigenvalue weighted by Crippen LogP contribution is -2.44. The zero-order valence-electron chi connectivity index (χ0n) is 25.8. The molecule has 0 spiro atoms. The lowest BCUT2D eigenvalue weighted by molar-refractivity contribution is -0.119. The van der Waals surface area contributed by atoms with Crippen LogP contribution in [0.1, 0.15) is 94.6 Å². The average molecular weight is 606 g/mol. The third-order valence-corrected chi connectivity index (χ3v) is 8.87. The van der Waals surface area contributed by atoms with Gasteiger partial charge in [-0.2, -0.15) is 0 Å². The molecular weight excluding hydrogens is 566 g/mol. The van der Waals surface area contributed by atoms with Gasteiger partial charge in [0, 0.05) is 47.8 Å². The number of aromatic carboxylic acids is 1. The molecule has 2 aromatic rings. The molecule has 1 N–H and O–H groups in total. The molecule has 8 heteroatoms. The van der Waals surface area contributed by atoms with Gasteiger partial charge < -0.3 is 19.5 Å². The van der Waals surface area contributed by atoms with Crippen molar-refractivity contribution in [1.29, 1.82) is 0 Å². The van der Waals surface area contributed by atoms with Crippen LogP contribution < -0.4 is 9.47 Å². The predicted octanol–water partition coefficient (Wildman–Crippen LogP) is 7.72. The van der Waals surface area contributed by atoms with Crippen LogP contribution in [-0.4, -0.2) is 40.7 Å². The Balaban J connectivity index is 1.62. The number of hydrogen-bond acceptors (Lipinski definition) is 6. The number of benzene rings is 2. The Bertz CT molecular complexity index is 1490. The van der Waals surface area contributed by atoms with Gasteiger partial charge in [-0.05, 0) is 72.9 Å². The summed E-state index contributed by atoms with van der Waals surface area (Å²) in [7, 11) is 0. The fourth-order valence-corrected chi connectivity index (χ4v) is 7.09. The number of ketones is 2. The molecule has 7 nitrogen and oxygen atoms in total. The third-order valence-electron chi connectivity index (χ3n) is 8.59. The van der Waals surface area contributed by atoms with Crippen LogP contribution in [0.5, 0.6) is 11.5 Å². The van der Waals surface area contributed by atoms with Crippen molar-refractivity contribution in [1.82, 2.24) is 4.90 Å². The molecule has 5 rings (SSSR count). The number of rotatable bonds is 8. The van der Waals surface area contributed by atoms with E-state index in [0.29, 0.717) is 53.7 Å². The Kier molecular flexibility index (Phi) is 8.25. The van der Waals surface area contributed by atoms with E-state index >= 15 is 0 Å². The minimum Gasteiger partial charge on any atom is -0.490 e. The number of hydrogen-bond donors (Lipinski definition) is 1. The first kappa shape index (κ1) is 30.9. The van der Waals surface area contributed by atoms with Gasteiger partial charge in [0.1, 0.15) is 6.61 Å². The van der Waals surface area contributed by atoms with Crippen molar-refractivity contribution in [3.05, 3.63) is 80.7 Å². The molecule has 1 aliphatic heterocycles. The van der Waals surface area contributed by atoms with Gasteiger partial charge >= 0.3 is 5.97 Å². The molecule has 0 saturated carbocycles. The maximum absolute atomic E-state index is 13.9. The topological polar surface area (TPSA) is 93.1 Å². The maximum Gasteiger partial charge on any atom is 0.335 e. The highest BCUT2D eigenvalue weighted by molar-refractivity contribution is 6.32. The number of carbonyl (C=O) groups excluding carboxylic acids is 2. The quantitative estimate of drug-likeness (QED) is 0.329. The first-order valence-electron chi connectivity index (χ1n) is 15.0. The highest BCUT2D eigenvalue weighted by Gasteiger charge is 2.48. The van der Waals surface area contributed by atoms with Crippen LogP contribution in [0.2, 0.25) is 5.02 Å². The molecule has 0 saturated heterocycles. The SMILES string of the molecule is CCOc1cc(C2C3=C(CC(C)(C)CC3=O)N(CC)C3=C2C(=O)CC(C)(C)C3)cc(Cl)c1OCc1ccc(C(=O)O)cc1. The number of carboxylic acids is 1. The summed E-state index contributed by atoms with van der Waals surface area (Å²) in [6.07, 6.45) is 2.32. The number of allylic oxidation sites excluding steroid dienone is 4. The van der Waals surface area contributed by atoms with E-state index in [1.807, 2.05) is 13.0 Å². The average Bonchev–Trinajstić information content (AvgIpc) is 2.90. The van der Waals surface area contributed by atoms with Crippen LogP contribution in [0.4, 0.5) is 0 Å². The molecule has 0 radical (unpaired) electrons. The fraction of sp³-hybridized carbons (Fsp3) is 0.457. The van der Waals surface area contributed by atoms with Gasteiger partial charge in [-0.3, -0.25) is 9.59 Å². The van der Waals surface area contributed by atoms with Gasteiger partial charge in [0.05, 0.1) is 17.2 Å². The second kappa shape index (κ2) is 11.5. The monoisotopic (exact) mass is 605 g/mol. The highest BCUT2D eigenvalue weighted by atomic mass is 35.5. The third kappa shape index (κ3) is 5.97. The van der Waals surface area contributed by atoms with Crippen LogP contribution in [0.3, 0.4) is 0 Å². The van der Waals surface area contributed by atoms with Crippen LogP contribution in [0, 0.1) is 10.8 Å². The molecule has 228 valence electrons. The zero-order chi connectivity index (χ0) is 31.3. The van der Waals surface area contributed by atoms with Gasteiger partial charge in [0.25, 0.3) is 0 Å². The Labute approximate surface area is 258 Å². The Morgan fingerprint density at radius 3 is 1.95 bits per heavy atom. The van der Waals surface area contributed by atoms with E-state index in [1.54, 1.807) is 18.2 Å². The number of halogens is 1. The first-order chi connectivity index (χ1) is 20.2. The Morgan fingerprint density at radius 2 is 1.47 bits per heavy atom. The van der Waals surface area contributed by atoms with Crippen LogP contribution in [0.15, 0.2) is 58.9 Å². The summed E-state index contributed by atoms with van der Waals surface area (Å²) in [6.45, 7) is 13.7. The number of carboxylic acid groups (broad SMARTS) is 1. The number of Topliss-reactive ketones (excluding diaryl/α,β-unsaturated/α-hetero) is 2. The van der Waals surface area contributed by atoms with Crippen molar-refractivity contribution >= 4 is 29.1 Å². The van der Waals surface area contributed by atoms with E-state index < -0.39 is 11.9 Å². The molecule has 0 aromatic heterocycles. The van der Waals surface area contributed by atoms with E-state index in [-0.39, 0.29) is 34.6 Å². The lowest BCUT2D eigenvalue weighted by Gasteiger charge is -2.49. The van der Waals surface area contributed by atoms with Crippen molar-refractivity contribution in [3.63, 3.8) is 0 Å². The molecule has 2 aliphatic carbocycles. The van der Waals surface area contributed by atoms with Crippen molar-refractivity contribution < 1.29 is 29.0 Å². The van der Waals surface area contributed by atoms with E-state index in [0.717, 1.165) is 35.4 Å². The maximum atomic E-state index is 13.9. The van der Waals surface area contributed by atoms with Gasteiger partial charge in [0.15, 0.2) is 23.1 Å². The van der Waals surface area contributed by atoms with Crippen LogP contribution >= 0.6 is 11.6 Å². The minimum atomic E-state index is -0.994. The molecule has 43 heavy (non-hydrogen) atoms. The second-order valence-electron chi connectivity index (χ2n) is 13.3. The number of nitrogens with zero attached hydrogens (tertiary/aromatic N) is 1. The summed E-state index contributed by atoms with van der Waals surface area (Å²) in [6, 6.07) is 10.1. The molecule has 0 atom stereocenters. The second-order valence-corrected chi connectivity index (χ2v) is 13.7. The summed E-state index contributed by atoms with van der Waals surface area (Å²) < 4.78 is 12.1.